The Labute approximate surface area is 155 Å². The number of aromatic nitrogens is 2. The summed E-state index contributed by atoms with van der Waals surface area (Å²) in [6, 6.07) is 9.63. The van der Waals surface area contributed by atoms with Crippen LogP contribution in [0, 0.1) is 5.82 Å². The summed E-state index contributed by atoms with van der Waals surface area (Å²) in [6.45, 7) is 3.63. The van der Waals surface area contributed by atoms with Gasteiger partial charge in [-0.15, -0.1) is 11.3 Å². The molecule has 136 valence electrons. The summed E-state index contributed by atoms with van der Waals surface area (Å²) < 4.78 is 20.4. The smallest absolute Gasteiger partial charge is 0.264 e. The average Bonchev–Trinajstić information content (AvgIpc) is 3.29. The van der Waals surface area contributed by atoms with Crippen LogP contribution < -0.4 is 4.74 Å². The molecule has 0 spiro atoms. The summed E-state index contributed by atoms with van der Waals surface area (Å²) in [7, 11) is 1.78. The Hall–Kier alpha value is -2.67. The Bertz CT molecular complexity index is 873. The SMILES string of the molecule is CCn1nccc1CN(C)C(=O)c1cc(COc2ccc(F)cc2)cs1. The second kappa shape index (κ2) is 8.14. The minimum absolute atomic E-state index is 0.0353. The van der Waals surface area contributed by atoms with Crippen molar-refractivity contribution >= 4 is 17.2 Å². The van der Waals surface area contributed by atoms with Crippen LogP contribution in [0.1, 0.15) is 27.9 Å². The first kappa shape index (κ1) is 18.1. The molecule has 1 aromatic carbocycles. The zero-order chi connectivity index (χ0) is 18.5. The highest BCUT2D eigenvalue weighted by atomic mass is 32.1. The van der Waals surface area contributed by atoms with Gasteiger partial charge in [-0.2, -0.15) is 5.10 Å². The molecule has 5 nitrogen and oxygen atoms in total. The third kappa shape index (κ3) is 4.29. The van der Waals surface area contributed by atoms with Gasteiger partial charge < -0.3 is 9.64 Å². The third-order valence-electron chi connectivity index (χ3n) is 3.93. The second-order valence-electron chi connectivity index (χ2n) is 5.86. The number of hydrogen-bond acceptors (Lipinski definition) is 4. The lowest BCUT2D eigenvalue weighted by Crippen LogP contribution is -2.26. The highest BCUT2D eigenvalue weighted by Crippen LogP contribution is 2.20. The molecule has 3 rings (SSSR count). The van der Waals surface area contributed by atoms with Crippen LogP contribution in [0.3, 0.4) is 0 Å². The number of aryl methyl sites for hydroxylation is 1. The maximum absolute atomic E-state index is 12.9. The molecule has 7 heteroatoms. The summed E-state index contributed by atoms with van der Waals surface area (Å²) in [5, 5.41) is 6.13. The molecule has 0 atom stereocenters. The van der Waals surface area contributed by atoms with E-state index in [1.54, 1.807) is 30.3 Å². The molecule has 26 heavy (non-hydrogen) atoms. The molecule has 2 aromatic heterocycles. The Morgan fingerprint density at radius 2 is 2.08 bits per heavy atom. The minimum Gasteiger partial charge on any atom is -0.489 e. The molecule has 0 unspecified atom stereocenters. The molecule has 0 bridgehead atoms. The summed E-state index contributed by atoms with van der Waals surface area (Å²) in [5.41, 5.74) is 1.91. The van der Waals surface area contributed by atoms with E-state index < -0.39 is 0 Å². The summed E-state index contributed by atoms with van der Waals surface area (Å²) in [5.74, 6) is 0.260. The predicted octanol–water partition coefficient (Wildman–Crippen LogP) is 3.95. The molecule has 0 fully saturated rings. The van der Waals surface area contributed by atoms with E-state index in [1.807, 2.05) is 29.1 Å². The number of amides is 1. The molecule has 0 N–H and O–H groups in total. The van der Waals surface area contributed by atoms with E-state index in [0.29, 0.717) is 23.8 Å². The Morgan fingerprint density at radius 3 is 2.81 bits per heavy atom. The molecule has 0 saturated heterocycles. The van der Waals surface area contributed by atoms with E-state index in [0.717, 1.165) is 17.8 Å². The van der Waals surface area contributed by atoms with Crippen LogP contribution in [0.2, 0.25) is 0 Å². The van der Waals surface area contributed by atoms with Crippen LogP contribution in [-0.4, -0.2) is 27.6 Å². The maximum atomic E-state index is 12.9. The summed E-state index contributed by atoms with van der Waals surface area (Å²) >= 11 is 1.39. The van der Waals surface area contributed by atoms with Gasteiger partial charge in [0.05, 0.1) is 17.1 Å². The minimum atomic E-state index is -0.298. The molecule has 0 aliphatic heterocycles. The summed E-state index contributed by atoms with van der Waals surface area (Å²) in [6.07, 6.45) is 1.74. The molecular formula is C19H20FN3O2S. The van der Waals surface area contributed by atoms with Crippen molar-refractivity contribution < 1.29 is 13.9 Å². The number of rotatable bonds is 7. The van der Waals surface area contributed by atoms with Crippen LogP contribution in [0.25, 0.3) is 0 Å². The van der Waals surface area contributed by atoms with Crippen molar-refractivity contribution in [2.45, 2.75) is 26.6 Å². The largest absolute Gasteiger partial charge is 0.489 e. The first-order valence-electron chi connectivity index (χ1n) is 8.28. The lowest BCUT2D eigenvalue weighted by molar-refractivity contribution is 0.0786. The molecule has 0 aliphatic rings. The normalized spacial score (nSPS) is 10.7. The van der Waals surface area contributed by atoms with E-state index in [-0.39, 0.29) is 11.7 Å². The number of carbonyl (C=O) groups excluding carboxylic acids is 1. The Balaban J connectivity index is 1.59. The van der Waals surface area contributed by atoms with Gasteiger partial charge in [0.1, 0.15) is 18.2 Å². The van der Waals surface area contributed by atoms with E-state index in [1.165, 1.54) is 23.5 Å². The summed E-state index contributed by atoms with van der Waals surface area (Å²) in [4.78, 5) is 15.0. The molecule has 0 aliphatic carbocycles. The van der Waals surface area contributed by atoms with Gasteiger partial charge in [-0.1, -0.05) is 0 Å². The van der Waals surface area contributed by atoms with Crippen LogP contribution in [0.4, 0.5) is 4.39 Å². The standard InChI is InChI=1S/C19H20FN3O2S/c1-3-23-16(8-9-21-23)11-22(2)19(24)18-10-14(13-26-18)12-25-17-6-4-15(20)5-7-17/h4-10,13H,3,11-12H2,1-2H3. The third-order valence-corrected chi connectivity index (χ3v) is 4.90. The number of nitrogens with zero attached hydrogens (tertiary/aromatic N) is 3. The zero-order valence-corrected chi connectivity index (χ0v) is 15.5. The van der Waals surface area contributed by atoms with Gasteiger partial charge in [-0.3, -0.25) is 9.48 Å². The number of ether oxygens (including phenoxy) is 1. The molecule has 0 saturated carbocycles. The number of halogens is 1. The first-order valence-corrected chi connectivity index (χ1v) is 9.16. The predicted molar refractivity (Wildman–Crippen MR) is 98.7 cm³/mol. The van der Waals surface area contributed by atoms with Crippen LogP contribution >= 0.6 is 11.3 Å². The monoisotopic (exact) mass is 373 g/mol. The highest BCUT2D eigenvalue weighted by Gasteiger charge is 2.16. The Morgan fingerprint density at radius 1 is 1.31 bits per heavy atom. The molecule has 1 amide bonds. The van der Waals surface area contributed by atoms with Crippen molar-refractivity contribution in [3.63, 3.8) is 0 Å². The lowest BCUT2D eigenvalue weighted by Gasteiger charge is -2.16. The van der Waals surface area contributed by atoms with E-state index in [4.69, 9.17) is 4.74 Å². The lowest BCUT2D eigenvalue weighted by atomic mass is 10.3. The maximum Gasteiger partial charge on any atom is 0.264 e. The van der Waals surface area contributed by atoms with Gasteiger partial charge in [0.15, 0.2) is 0 Å². The van der Waals surface area contributed by atoms with Gasteiger partial charge in [-0.05, 0) is 48.7 Å². The van der Waals surface area contributed by atoms with Crippen molar-refractivity contribution in [2.24, 2.45) is 0 Å². The fourth-order valence-electron chi connectivity index (χ4n) is 2.54. The van der Waals surface area contributed by atoms with Gasteiger partial charge in [-0.25, -0.2) is 4.39 Å². The van der Waals surface area contributed by atoms with Gasteiger partial charge in [0, 0.05) is 25.4 Å². The van der Waals surface area contributed by atoms with Crippen molar-refractivity contribution in [2.75, 3.05) is 7.05 Å². The van der Waals surface area contributed by atoms with Gasteiger partial charge in [0.25, 0.3) is 5.91 Å². The van der Waals surface area contributed by atoms with Crippen LogP contribution in [-0.2, 0) is 19.7 Å². The number of benzene rings is 1. The van der Waals surface area contributed by atoms with Crippen molar-refractivity contribution in [1.29, 1.82) is 0 Å². The van der Waals surface area contributed by atoms with Crippen molar-refractivity contribution in [3.8, 4) is 5.75 Å². The van der Waals surface area contributed by atoms with Crippen molar-refractivity contribution in [3.05, 3.63) is 69.9 Å². The first-order chi connectivity index (χ1) is 12.6. The topological polar surface area (TPSA) is 47.4 Å². The van der Waals surface area contributed by atoms with E-state index >= 15 is 0 Å². The van der Waals surface area contributed by atoms with Crippen LogP contribution in [0.15, 0.2) is 48.0 Å². The molecule has 0 radical (unpaired) electrons. The fraction of sp³-hybridized carbons (Fsp3) is 0.263. The van der Waals surface area contributed by atoms with Gasteiger partial charge >= 0.3 is 0 Å². The highest BCUT2D eigenvalue weighted by molar-refractivity contribution is 7.12. The molecular weight excluding hydrogens is 353 g/mol. The van der Waals surface area contributed by atoms with Crippen molar-refractivity contribution in [1.82, 2.24) is 14.7 Å². The van der Waals surface area contributed by atoms with E-state index in [2.05, 4.69) is 5.10 Å². The second-order valence-corrected chi connectivity index (χ2v) is 6.77. The number of hydrogen-bond donors (Lipinski definition) is 0. The average molecular weight is 373 g/mol. The number of thiophene rings is 1. The molecule has 3 aromatic rings. The number of carbonyl (C=O) groups is 1. The van der Waals surface area contributed by atoms with Crippen LogP contribution in [0.5, 0.6) is 5.75 Å². The fourth-order valence-corrected chi connectivity index (χ4v) is 3.43. The quantitative estimate of drug-likeness (QED) is 0.630. The molecule has 2 heterocycles. The zero-order valence-electron chi connectivity index (χ0n) is 14.7. The van der Waals surface area contributed by atoms with E-state index in [9.17, 15) is 9.18 Å². The Kier molecular flexibility index (Phi) is 5.68. The van der Waals surface area contributed by atoms with Gasteiger partial charge in [0.2, 0.25) is 0 Å².